The predicted octanol–water partition coefficient (Wildman–Crippen LogP) is 5.64. The van der Waals surface area contributed by atoms with Crippen molar-refractivity contribution in [2.24, 2.45) is 0 Å². The lowest BCUT2D eigenvalue weighted by atomic mass is 9.97. The number of carbonyl (C=O) groups is 3. The summed E-state index contributed by atoms with van der Waals surface area (Å²) in [4.78, 5) is 43.1. The number of carbonyl (C=O) groups excluding carboxylic acids is 3. The smallest absolute Gasteiger partial charge is 0.340 e. The summed E-state index contributed by atoms with van der Waals surface area (Å²) in [6.45, 7) is 1.94. The van der Waals surface area contributed by atoms with Crippen LogP contribution in [0.5, 0.6) is 0 Å². The van der Waals surface area contributed by atoms with Crippen LogP contribution < -0.4 is 5.32 Å². The second-order valence-corrected chi connectivity index (χ2v) is 8.48. The summed E-state index contributed by atoms with van der Waals surface area (Å²) in [7, 11) is 0. The van der Waals surface area contributed by atoms with E-state index in [-0.39, 0.29) is 28.8 Å². The van der Waals surface area contributed by atoms with Crippen LogP contribution in [0.15, 0.2) is 60.8 Å². The maximum atomic E-state index is 13.8. The maximum absolute atomic E-state index is 13.8. The first-order valence-corrected chi connectivity index (χ1v) is 11.3. The van der Waals surface area contributed by atoms with E-state index in [2.05, 4.69) is 10.3 Å². The third-order valence-corrected chi connectivity index (χ3v) is 5.94. The Morgan fingerprint density at radius 1 is 0.921 bits per heavy atom. The number of imide groups is 1. The van der Waals surface area contributed by atoms with Crippen LogP contribution >= 0.6 is 0 Å². The number of pyridine rings is 1. The molecule has 2 aromatic carbocycles. The van der Waals surface area contributed by atoms with E-state index in [1.165, 1.54) is 12.1 Å². The molecule has 1 unspecified atom stereocenters. The summed E-state index contributed by atoms with van der Waals surface area (Å²) >= 11 is 0. The van der Waals surface area contributed by atoms with Crippen molar-refractivity contribution in [2.75, 3.05) is 6.54 Å². The number of aromatic nitrogens is 1. The topological polar surface area (TPSA) is 79.4 Å². The van der Waals surface area contributed by atoms with Crippen molar-refractivity contribution in [1.82, 2.24) is 15.2 Å². The van der Waals surface area contributed by atoms with Gasteiger partial charge in [0.1, 0.15) is 0 Å². The molecule has 1 N–H and O–H groups in total. The van der Waals surface area contributed by atoms with Crippen molar-refractivity contribution in [3.63, 3.8) is 0 Å². The minimum atomic E-state index is -4.87. The molecular weight excluding hydrogens is 516 g/mol. The summed E-state index contributed by atoms with van der Waals surface area (Å²) in [5, 5.41) is 2.40. The van der Waals surface area contributed by atoms with Crippen molar-refractivity contribution >= 4 is 17.7 Å². The Bertz CT molecular complexity index is 1400. The highest BCUT2D eigenvalue weighted by Crippen LogP contribution is 2.37. The summed E-state index contributed by atoms with van der Waals surface area (Å²) in [5.74, 6) is -2.06. The molecule has 6 nitrogen and oxygen atoms in total. The minimum Gasteiger partial charge on any atom is -0.340 e. The molecule has 3 amide bonds. The number of alkyl halides is 6. The van der Waals surface area contributed by atoms with Crippen molar-refractivity contribution in [3.8, 4) is 0 Å². The first kappa shape index (κ1) is 26.8. The standard InChI is InChI=1S/C26H19F6N3O3/c1-2-12-35-23(37)17-10-7-15(13-18(17)24(35)38)22(36)34-20(14-5-8-16(9-6-14)25(27,28)29)21-19(26(30,31)32)4-3-11-33-21/h3-11,13,20H,2,12H2,1H3,(H,34,36). The molecule has 0 spiro atoms. The molecule has 1 atom stereocenters. The summed E-state index contributed by atoms with van der Waals surface area (Å²) in [6.07, 6.45) is -7.98. The van der Waals surface area contributed by atoms with Crippen LogP contribution in [0.25, 0.3) is 0 Å². The fraction of sp³-hybridized carbons (Fsp3) is 0.231. The summed E-state index contributed by atoms with van der Waals surface area (Å²) in [6, 6.07) is 7.15. The first-order valence-electron chi connectivity index (χ1n) is 11.3. The van der Waals surface area contributed by atoms with Crippen LogP contribution in [0.3, 0.4) is 0 Å². The highest BCUT2D eigenvalue weighted by Gasteiger charge is 2.38. The monoisotopic (exact) mass is 535 g/mol. The van der Waals surface area contributed by atoms with Gasteiger partial charge in [-0.15, -0.1) is 0 Å². The molecule has 0 bridgehead atoms. The van der Waals surface area contributed by atoms with Gasteiger partial charge in [0.05, 0.1) is 34.0 Å². The largest absolute Gasteiger partial charge is 0.418 e. The van der Waals surface area contributed by atoms with Gasteiger partial charge in [0, 0.05) is 18.3 Å². The van der Waals surface area contributed by atoms with Gasteiger partial charge in [-0.1, -0.05) is 19.1 Å². The van der Waals surface area contributed by atoms with Gasteiger partial charge >= 0.3 is 12.4 Å². The van der Waals surface area contributed by atoms with E-state index in [0.717, 1.165) is 41.4 Å². The van der Waals surface area contributed by atoms with E-state index < -0.39 is 52.9 Å². The Morgan fingerprint density at radius 3 is 2.18 bits per heavy atom. The van der Waals surface area contributed by atoms with Crippen LogP contribution in [-0.2, 0) is 12.4 Å². The molecule has 198 valence electrons. The third-order valence-electron chi connectivity index (χ3n) is 5.94. The van der Waals surface area contributed by atoms with Gasteiger partial charge in [-0.2, -0.15) is 26.3 Å². The van der Waals surface area contributed by atoms with Crippen LogP contribution in [0.2, 0.25) is 0 Å². The van der Waals surface area contributed by atoms with Crippen LogP contribution in [0.4, 0.5) is 26.3 Å². The lowest BCUT2D eigenvalue weighted by Gasteiger charge is -2.23. The Kier molecular flexibility index (Phi) is 7.00. The average Bonchev–Trinajstić information content (AvgIpc) is 3.11. The van der Waals surface area contributed by atoms with Gasteiger partial charge in [0.25, 0.3) is 17.7 Å². The van der Waals surface area contributed by atoms with E-state index in [9.17, 15) is 40.7 Å². The molecule has 1 aliphatic heterocycles. The molecule has 12 heteroatoms. The quantitative estimate of drug-likeness (QED) is 0.327. The highest BCUT2D eigenvalue weighted by atomic mass is 19.4. The molecule has 0 fully saturated rings. The van der Waals surface area contributed by atoms with E-state index in [1.807, 2.05) is 0 Å². The van der Waals surface area contributed by atoms with E-state index in [0.29, 0.717) is 18.6 Å². The van der Waals surface area contributed by atoms with E-state index >= 15 is 0 Å². The zero-order valence-electron chi connectivity index (χ0n) is 19.7. The van der Waals surface area contributed by atoms with Gasteiger partial charge in [-0.25, -0.2) is 0 Å². The molecule has 3 aromatic rings. The molecule has 0 saturated heterocycles. The zero-order valence-corrected chi connectivity index (χ0v) is 19.7. The Morgan fingerprint density at radius 2 is 1.58 bits per heavy atom. The van der Waals surface area contributed by atoms with Crippen molar-refractivity contribution in [1.29, 1.82) is 0 Å². The number of amides is 3. The van der Waals surface area contributed by atoms with Gasteiger partial charge in [0.15, 0.2) is 0 Å². The molecule has 4 rings (SSSR count). The number of nitrogens with one attached hydrogen (secondary N) is 1. The van der Waals surface area contributed by atoms with Crippen LogP contribution in [-0.4, -0.2) is 34.2 Å². The maximum Gasteiger partial charge on any atom is 0.418 e. The number of rotatable bonds is 6. The fourth-order valence-corrected chi connectivity index (χ4v) is 4.13. The molecule has 2 heterocycles. The number of hydrogen-bond acceptors (Lipinski definition) is 4. The van der Waals surface area contributed by atoms with E-state index in [1.54, 1.807) is 6.92 Å². The van der Waals surface area contributed by atoms with Gasteiger partial charge in [-0.05, 0) is 54.4 Å². The number of nitrogens with zero attached hydrogens (tertiary/aromatic N) is 2. The van der Waals surface area contributed by atoms with Crippen molar-refractivity contribution < 1.29 is 40.7 Å². The summed E-state index contributed by atoms with van der Waals surface area (Å²) < 4.78 is 80.4. The molecule has 0 radical (unpaired) electrons. The summed E-state index contributed by atoms with van der Waals surface area (Å²) in [5.41, 5.74) is -3.01. The Balaban J connectivity index is 1.74. The second-order valence-electron chi connectivity index (χ2n) is 8.48. The molecule has 0 saturated carbocycles. The molecule has 38 heavy (non-hydrogen) atoms. The normalized spacial score (nSPS) is 14.4. The lowest BCUT2D eigenvalue weighted by Crippen LogP contribution is -2.32. The molecule has 1 aliphatic rings. The van der Waals surface area contributed by atoms with E-state index in [4.69, 9.17) is 0 Å². The van der Waals surface area contributed by atoms with Gasteiger partial charge < -0.3 is 5.32 Å². The Labute approximate surface area is 212 Å². The number of benzene rings is 2. The van der Waals surface area contributed by atoms with Crippen LogP contribution in [0.1, 0.15) is 72.8 Å². The third kappa shape index (κ3) is 5.11. The van der Waals surface area contributed by atoms with Crippen LogP contribution in [0, 0.1) is 0 Å². The average molecular weight is 535 g/mol. The fourth-order valence-electron chi connectivity index (χ4n) is 4.13. The second kappa shape index (κ2) is 9.92. The van der Waals surface area contributed by atoms with Gasteiger partial charge in [-0.3, -0.25) is 24.3 Å². The predicted molar refractivity (Wildman–Crippen MR) is 122 cm³/mol. The van der Waals surface area contributed by atoms with Gasteiger partial charge in [0.2, 0.25) is 0 Å². The molecular formula is C26H19F6N3O3. The molecule has 1 aromatic heterocycles. The highest BCUT2D eigenvalue weighted by molar-refractivity contribution is 6.22. The SMILES string of the molecule is CCCN1C(=O)c2ccc(C(=O)NC(c3ccc(C(F)(F)F)cc3)c3ncccc3C(F)(F)F)cc2C1=O. The van der Waals surface area contributed by atoms with Crippen molar-refractivity contribution in [2.45, 2.75) is 31.7 Å². The number of halogens is 6. The minimum absolute atomic E-state index is 0.0315. The van der Waals surface area contributed by atoms with Crippen molar-refractivity contribution in [3.05, 3.63) is 99.9 Å². The lowest BCUT2D eigenvalue weighted by molar-refractivity contribution is -0.139. The first-order chi connectivity index (χ1) is 17.8. The number of hydrogen-bond donors (Lipinski definition) is 1. The zero-order chi connectivity index (χ0) is 27.8. The molecule has 0 aliphatic carbocycles. The number of fused-ring (bicyclic) bond motifs is 1. The Hall–Kier alpha value is -4.22.